The van der Waals surface area contributed by atoms with Crippen LogP contribution in [-0.2, 0) is 11.3 Å². The van der Waals surface area contributed by atoms with E-state index < -0.39 is 12.0 Å². The van der Waals surface area contributed by atoms with E-state index in [-0.39, 0.29) is 48.3 Å². The van der Waals surface area contributed by atoms with Gasteiger partial charge in [0.05, 0.1) is 36.0 Å². The maximum absolute atomic E-state index is 14.2. The average molecular weight is 627 g/mol. The molecule has 248 valence electrons. The predicted molar refractivity (Wildman–Crippen MR) is 174 cm³/mol. The zero-order valence-electron chi connectivity index (χ0n) is 27.4. The highest BCUT2D eigenvalue weighted by atomic mass is 16.5. The number of ether oxygens (including phenoxy) is 2. The zero-order chi connectivity index (χ0) is 33.1. The number of fused-ring (bicyclic) bond motifs is 1. The number of likely N-dealkylation sites (N-methyl/N-ethyl adjacent to an activating group) is 1. The van der Waals surface area contributed by atoms with Crippen molar-refractivity contribution < 1.29 is 34.1 Å². The van der Waals surface area contributed by atoms with Gasteiger partial charge in [0.25, 0.3) is 5.91 Å². The van der Waals surface area contributed by atoms with Crippen LogP contribution in [0, 0.1) is 5.92 Å². The minimum atomic E-state index is -0.958. The number of rotatable bonds is 9. The van der Waals surface area contributed by atoms with Gasteiger partial charge < -0.3 is 35.2 Å². The molecule has 45 heavy (non-hydrogen) atoms. The van der Waals surface area contributed by atoms with E-state index >= 15 is 0 Å². The lowest BCUT2D eigenvalue weighted by Gasteiger charge is -2.36. The molecule has 1 aliphatic heterocycles. The SMILES string of the molecule is CC(C)NC(=O)Nc1ccc2c(c1)C(=O)N([C@@H](C)CO)C[C@H](C)[C@H](CN(C)Cc1ccc(C(=O)O)cc1)OCCCC[C@H](C)O2. The molecule has 11 heteroatoms. The van der Waals surface area contributed by atoms with Crippen LogP contribution in [0.15, 0.2) is 42.5 Å². The van der Waals surface area contributed by atoms with Gasteiger partial charge in [-0.25, -0.2) is 9.59 Å². The van der Waals surface area contributed by atoms with E-state index in [2.05, 4.69) is 15.5 Å². The van der Waals surface area contributed by atoms with E-state index in [0.717, 1.165) is 24.8 Å². The first-order chi connectivity index (χ1) is 21.4. The minimum Gasteiger partial charge on any atom is -0.490 e. The first-order valence-electron chi connectivity index (χ1n) is 15.8. The lowest BCUT2D eigenvalue weighted by atomic mass is 10.0. The number of anilines is 1. The van der Waals surface area contributed by atoms with Gasteiger partial charge in [-0.15, -0.1) is 0 Å². The number of carbonyl (C=O) groups excluding carboxylic acids is 2. The molecule has 0 saturated carbocycles. The minimum absolute atomic E-state index is 0.0535. The summed E-state index contributed by atoms with van der Waals surface area (Å²) in [6, 6.07) is 11.0. The second-order valence-electron chi connectivity index (χ2n) is 12.5. The van der Waals surface area contributed by atoms with Crippen molar-refractivity contribution in [1.29, 1.82) is 0 Å². The molecule has 0 unspecified atom stereocenters. The highest BCUT2D eigenvalue weighted by molar-refractivity contribution is 5.99. The third-order valence-electron chi connectivity index (χ3n) is 7.87. The second kappa shape index (κ2) is 17.1. The molecule has 0 bridgehead atoms. The Hall–Kier alpha value is -3.67. The van der Waals surface area contributed by atoms with Gasteiger partial charge >= 0.3 is 12.0 Å². The number of aliphatic hydroxyl groups excluding tert-OH is 1. The summed E-state index contributed by atoms with van der Waals surface area (Å²) in [7, 11) is 1.99. The van der Waals surface area contributed by atoms with Crippen LogP contribution in [-0.4, -0.2) is 95.6 Å². The number of hydrogen-bond donors (Lipinski definition) is 4. The highest BCUT2D eigenvalue weighted by Gasteiger charge is 2.30. The van der Waals surface area contributed by atoms with Gasteiger partial charge in [-0.3, -0.25) is 9.69 Å². The third-order valence-corrected chi connectivity index (χ3v) is 7.87. The van der Waals surface area contributed by atoms with E-state index in [4.69, 9.17) is 9.47 Å². The van der Waals surface area contributed by atoms with Crippen molar-refractivity contribution in [3.05, 3.63) is 59.2 Å². The number of urea groups is 1. The Morgan fingerprint density at radius 3 is 2.44 bits per heavy atom. The number of nitrogens with one attached hydrogen (secondary N) is 2. The Bertz CT molecular complexity index is 1270. The Balaban J connectivity index is 1.88. The molecule has 4 N–H and O–H groups in total. The molecule has 0 aromatic heterocycles. The van der Waals surface area contributed by atoms with Crippen LogP contribution in [0.25, 0.3) is 0 Å². The van der Waals surface area contributed by atoms with Crippen LogP contribution in [0.3, 0.4) is 0 Å². The Kier molecular flexibility index (Phi) is 13.6. The smallest absolute Gasteiger partial charge is 0.335 e. The van der Waals surface area contributed by atoms with Gasteiger partial charge in [0.15, 0.2) is 0 Å². The summed E-state index contributed by atoms with van der Waals surface area (Å²) in [6.45, 7) is 11.4. The van der Waals surface area contributed by atoms with Gasteiger partial charge in [0.1, 0.15) is 5.75 Å². The molecular formula is C34H50N4O7. The summed E-state index contributed by atoms with van der Waals surface area (Å²) in [5.74, 6) is -0.922. The second-order valence-corrected chi connectivity index (χ2v) is 12.5. The molecule has 0 radical (unpaired) electrons. The fraction of sp³-hybridized carbons (Fsp3) is 0.559. The molecule has 0 aliphatic carbocycles. The number of amides is 3. The lowest BCUT2D eigenvalue weighted by molar-refractivity contribution is -0.0177. The number of carboxylic acids is 1. The van der Waals surface area contributed by atoms with Crippen LogP contribution in [0.1, 0.15) is 80.2 Å². The van der Waals surface area contributed by atoms with Crippen molar-refractivity contribution in [3.63, 3.8) is 0 Å². The van der Waals surface area contributed by atoms with Crippen molar-refractivity contribution in [3.8, 4) is 5.75 Å². The summed E-state index contributed by atoms with van der Waals surface area (Å²) >= 11 is 0. The average Bonchev–Trinajstić information content (AvgIpc) is 2.98. The van der Waals surface area contributed by atoms with E-state index in [1.165, 1.54) is 0 Å². The summed E-state index contributed by atoms with van der Waals surface area (Å²) in [4.78, 5) is 41.7. The van der Waals surface area contributed by atoms with E-state index in [0.29, 0.717) is 43.2 Å². The Labute approximate surface area is 266 Å². The summed E-state index contributed by atoms with van der Waals surface area (Å²) < 4.78 is 12.7. The quantitative estimate of drug-likeness (QED) is 0.310. The molecule has 1 heterocycles. The molecule has 4 atom stereocenters. The standard InChI is InChI=1S/C34H50N4O7/c1-22(2)35-34(43)36-28-14-15-30-29(17-28)32(40)38(24(4)21-39)18-23(3)31(44-16-8-7-9-25(5)45-30)20-37(6)19-26-10-12-27(13-11-26)33(41)42/h10-15,17,22-25,31,39H,7-9,16,18-21H2,1-6H3,(H,41,42)(H2,35,36,43)/t23-,24-,25-,31-/m0/s1. The van der Waals surface area contributed by atoms with E-state index in [9.17, 15) is 24.6 Å². The molecule has 0 fully saturated rings. The number of aromatic carboxylic acids is 1. The van der Waals surface area contributed by atoms with Gasteiger partial charge in [-0.05, 0) is 89.9 Å². The number of aliphatic hydroxyl groups is 1. The van der Waals surface area contributed by atoms with Crippen molar-refractivity contribution in [1.82, 2.24) is 15.1 Å². The normalized spacial score (nSPS) is 20.6. The first-order valence-corrected chi connectivity index (χ1v) is 15.8. The van der Waals surface area contributed by atoms with Crippen LogP contribution in [0.2, 0.25) is 0 Å². The van der Waals surface area contributed by atoms with Crippen molar-refractivity contribution in [2.24, 2.45) is 5.92 Å². The number of benzene rings is 2. The maximum atomic E-state index is 14.2. The van der Waals surface area contributed by atoms with E-state index in [1.807, 2.05) is 46.9 Å². The number of carboxylic acid groups (broad SMARTS) is 1. The monoisotopic (exact) mass is 626 g/mol. The summed E-state index contributed by atoms with van der Waals surface area (Å²) in [6.07, 6.45) is 2.16. The Morgan fingerprint density at radius 1 is 1.09 bits per heavy atom. The zero-order valence-corrected chi connectivity index (χ0v) is 27.4. The molecule has 3 rings (SSSR count). The molecule has 2 aromatic rings. The van der Waals surface area contributed by atoms with Gasteiger partial charge in [0.2, 0.25) is 0 Å². The summed E-state index contributed by atoms with van der Waals surface area (Å²) in [5, 5.41) is 25.0. The molecule has 2 aromatic carbocycles. The molecule has 1 aliphatic rings. The van der Waals surface area contributed by atoms with Crippen LogP contribution in [0.5, 0.6) is 5.75 Å². The molecule has 0 saturated heterocycles. The van der Waals surface area contributed by atoms with Gasteiger partial charge in [0, 0.05) is 43.9 Å². The van der Waals surface area contributed by atoms with Crippen molar-refractivity contribution in [2.45, 2.75) is 84.7 Å². The molecular weight excluding hydrogens is 576 g/mol. The molecule has 0 spiro atoms. The van der Waals surface area contributed by atoms with Crippen LogP contribution >= 0.6 is 0 Å². The fourth-order valence-electron chi connectivity index (χ4n) is 5.33. The predicted octanol–water partition coefficient (Wildman–Crippen LogP) is 4.84. The lowest BCUT2D eigenvalue weighted by Crippen LogP contribution is -2.47. The number of carbonyl (C=O) groups is 3. The van der Waals surface area contributed by atoms with Crippen molar-refractivity contribution in [2.75, 3.05) is 38.7 Å². The van der Waals surface area contributed by atoms with Gasteiger partial charge in [-0.1, -0.05) is 19.1 Å². The molecule has 3 amide bonds. The Morgan fingerprint density at radius 2 is 1.80 bits per heavy atom. The van der Waals surface area contributed by atoms with Gasteiger partial charge in [-0.2, -0.15) is 0 Å². The fourth-order valence-corrected chi connectivity index (χ4v) is 5.33. The number of nitrogens with zero attached hydrogens (tertiary/aromatic N) is 2. The van der Waals surface area contributed by atoms with Crippen LogP contribution < -0.4 is 15.4 Å². The topological polar surface area (TPSA) is 141 Å². The van der Waals surface area contributed by atoms with Crippen LogP contribution in [0.4, 0.5) is 10.5 Å². The molecule has 11 nitrogen and oxygen atoms in total. The number of hydrogen-bond acceptors (Lipinski definition) is 7. The first kappa shape index (κ1) is 35.8. The van der Waals surface area contributed by atoms with Crippen molar-refractivity contribution >= 4 is 23.6 Å². The summed E-state index contributed by atoms with van der Waals surface area (Å²) in [5.41, 5.74) is 2.00. The third kappa shape index (κ3) is 11.0. The largest absolute Gasteiger partial charge is 0.490 e. The highest BCUT2D eigenvalue weighted by Crippen LogP contribution is 2.28. The van der Waals surface area contributed by atoms with E-state index in [1.54, 1.807) is 42.2 Å². The maximum Gasteiger partial charge on any atom is 0.335 e.